The van der Waals surface area contributed by atoms with Gasteiger partial charge in [-0.3, -0.25) is 9.59 Å². The summed E-state index contributed by atoms with van der Waals surface area (Å²) in [6, 6.07) is 5.78. The van der Waals surface area contributed by atoms with E-state index >= 15 is 0 Å². The molecule has 1 unspecified atom stereocenters. The molecule has 0 amide bonds. The van der Waals surface area contributed by atoms with E-state index < -0.39 is 82.8 Å². The van der Waals surface area contributed by atoms with Gasteiger partial charge in [-0.05, 0) is 19.1 Å². The number of hydrogen-bond donors (Lipinski definition) is 0. The van der Waals surface area contributed by atoms with Crippen molar-refractivity contribution in [3.05, 3.63) is 29.8 Å². The van der Waals surface area contributed by atoms with Crippen molar-refractivity contribution in [2.24, 2.45) is 0 Å². The molecule has 0 aliphatic rings. The number of carbonyl (C=O) groups is 2. The Morgan fingerprint density at radius 3 is 1.79 bits per heavy atom. The van der Waals surface area contributed by atoms with Gasteiger partial charge < -0.3 is 18.5 Å². The fourth-order valence-corrected chi connectivity index (χ4v) is 4.79. The van der Waals surface area contributed by atoms with Gasteiger partial charge in [0, 0.05) is 5.75 Å². The average molecular weight is 750 g/mol. The third kappa shape index (κ3) is 11.9. The zero-order valence-corrected chi connectivity index (χ0v) is 26.8. The van der Waals surface area contributed by atoms with Crippen LogP contribution >= 0.6 is 11.8 Å². The van der Waals surface area contributed by atoms with Gasteiger partial charge in [-0.1, -0.05) is 17.7 Å². The first-order valence-electron chi connectivity index (χ1n) is 12.7. The second kappa shape index (κ2) is 16.3. The van der Waals surface area contributed by atoms with E-state index in [1.54, 1.807) is 33.3 Å². The van der Waals surface area contributed by atoms with Crippen LogP contribution in [0.2, 0.25) is 0 Å². The fraction of sp³-hybridized carbons (Fsp3) is 0.680. The molecule has 0 radical (unpaired) electrons. The molecule has 1 aromatic carbocycles. The molecule has 1 atom stereocenters. The van der Waals surface area contributed by atoms with Gasteiger partial charge in [0.1, 0.15) is 15.4 Å². The summed E-state index contributed by atoms with van der Waals surface area (Å²) in [4.78, 5) is 23.4. The van der Waals surface area contributed by atoms with Crippen LogP contribution in [0.4, 0.5) is 52.7 Å². The number of thioether (sulfide) groups is 1. The maximum Gasteiger partial charge on any atom is 0.384 e. The lowest BCUT2D eigenvalue weighted by Gasteiger charge is -2.39. The van der Waals surface area contributed by atoms with Crippen LogP contribution in [0.25, 0.3) is 0 Å². The highest BCUT2D eigenvalue weighted by molar-refractivity contribution is 8.00. The molecule has 0 heterocycles. The molecule has 0 saturated heterocycles. The Labute approximate surface area is 266 Å². The van der Waals surface area contributed by atoms with Crippen molar-refractivity contribution < 1.29 is 89.2 Å². The summed E-state index contributed by atoms with van der Waals surface area (Å²) in [5, 5.41) is -1.42. The van der Waals surface area contributed by atoms with Crippen molar-refractivity contribution in [3.8, 4) is 0 Å². The highest BCUT2D eigenvalue weighted by atomic mass is 32.2. The summed E-state index contributed by atoms with van der Waals surface area (Å²) in [5.41, 5.74) is 0.928. The molecule has 22 heteroatoms. The van der Waals surface area contributed by atoms with E-state index in [0.717, 1.165) is 24.4 Å². The molecule has 0 aliphatic heterocycles. The summed E-state index contributed by atoms with van der Waals surface area (Å²) < 4.78 is 198. The summed E-state index contributed by atoms with van der Waals surface area (Å²) in [6.07, 6.45) is -8.84. The highest BCUT2D eigenvalue weighted by Gasteiger charge is 2.87. The summed E-state index contributed by atoms with van der Waals surface area (Å²) in [7, 11) is 1.94. The van der Waals surface area contributed by atoms with Crippen molar-refractivity contribution in [3.63, 3.8) is 0 Å². The van der Waals surface area contributed by atoms with Gasteiger partial charge in [0.2, 0.25) is 0 Å². The molecule has 47 heavy (non-hydrogen) atoms. The zero-order valence-electron chi connectivity index (χ0n) is 25.2. The molecule has 1 rings (SSSR count). The van der Waals surface area contributed by atoms with Crippen LogP contribution in [0, 0.1) is 6.92 Å². The van der Waals surface area contributed by atoms with E-state index in [1.807, 2.05) is 6.92 Å². The number of quaternary nitrogens is 1. The molecule has 0 saturated carbocycles. The summed E-state index contributed by atoms with van der Waals surface area (Å²) in [6.45, 7) is 0.426. The van der Waals surface area contributed by atoms with Gasteiger partial charge in [0.15, 0.2) is 0 Å². The second-order valence-corrected chi connectivity index (χ2v) is 13.4. The quantitative estimate of drug-likeness (QED) is 0.0927. The van der Waals surface area contributed by atoms with Crippen LogP contribution < -0.4 is 0 Å². The molecular weight excluding hydrogens is 718 g/mol. The molecule has 0 bridgehead atoms. The number of methoxy groups -OCH3 is 1. The van der Waals surface area contributed by atoms with Gasteiger partial charge in [-0.25, -0.2) is 17.2 Å². The largest absolute Gasteiger partial charge is 0.744 e. The maximum absolute atomic E-state index is 13.8. The minimum Gasteiger partial charge on any atom is -0.744 e. The normalized spacial score (nSPS) is 14.3. The molecule has 0 N–H and O–H groups in total. The van der Waals surface area contributed by atoms with E-state index in [2.05, 4.69) is 9.47 Å². The van der Waals surface area contributed by atoms with Crippen molar-refractivity contribution in [2.75, 3.05) is 47.2 Å². The molecule has 1 aromatic rings. The Bertz CT molecular complexity index is 1290. The third-order valence-electron chi connectivity index (χ3n) is 5.83. The highest BCUT2D eigenvalue weighted by Crippen LogP contribution is 2.58. The molecule has 0 fully saturated rings. The summed E-state index contributed by atoms with van der Waals surface area (Å²) >= 11 is 0.777. The van der Waals surface area contributed by atoms with Gasteiger partial charge in [0.25, 0.3) is 0 Å². The van der Waals surface area contributed by atoms with Gasteiger partial charge in [0.05, 0.1) is 59.1 Å². The van der Waals surface area contributed by atoms with E-state index in [-0.39, 0.29) is 10.6 Å². The van der Waals surface area contributed by atoms with Crippen LogP contribution in [0.3, 0.4) is 0 Å². The van der Waals surface area contributed by atoms with Crippen LogP contribution in [0.5, 0.6) is 0 Å². The molecule has 0 aliphatic carbocycles. The Morgan fingerprint density at radius 2 is 1.38 bits per heavy atom. The standard InChI is InChI=1S/C18H24F12NO4S.C7H8O3S/c1-31(2,3)6-8-36-10(9-11(32)34-4)12(33)35-7-5-14(21,22)16(25,26)18(29,30)17(27,28)15(23,24)13(19)20;1-6-2-4-7(5-3-6)11(8,9)10/h10,13H,5-9H2,1-4H3;2-5H,1H3,(H,8,9,10)/q+1;/p-1. The number of hydrogen-bond acceptors (Lipinski definition) is 8. The van der Waals surface area contributed by atoms with Crippen molar-refractivity contribution in [1.29, 1.82) is 0 Å². The number of halogens is 12. The number of benzene rings is 1. The van der Waals surface area contributed by atoms with Crippen LogP contribution in [-0.4, -0.2) is 118 Å². The Morgan fingerprint density at radius 1 is 0.894 bits per heavy atom. The fourth-order valence-electron chi connectivity index (χ4n) is 2.92. The van der Waals surface area contributed by atoms with Crippen LogP contribution in [-0.2, 0) is 29.2 Å². The number of alkyl halides is 12. The van der Waals surface area contributed by atoms with E-state index in [4.69, 9.17) is 0 Å². The summed E-state index contributed by atoms with van der Waals surface area (Å²) in [5.74, 6) is -38.1. The van der Waals surface area contributed by atoms with Gasteiger partial charge >= 0.3 is 48.0 Å². The molecule has 0 spiro atoms. The maximum atomic E-state index is 13.8. The third-order valence-corrected chi connectivity index (χ3v) is 7.86. The predicted octanol–water partition coefficient (Wildman–Crippen LogP) is 5.63. The Hall–Kier alpha value is -2.46. The average Bonchev–Trinajstić information content (AvgIpc) is 2.91. The predicted molar refractivity (Wildman–Crippen MR) is 141 cm³/mol. The van der Waals surface area contributed by atoms with Crippen molar-refractivity contribution >= 4 is 33.8 Å². The Balaban J connectivity index is 0.00000160. The first-order chi connectivity index (χ1) is 20.9. The lowest BCUT2D eigenvalue weighted by Crippen LogP contribution is -2.68. The number of nitrogens with zero attached hydrogens (tertiary/aromatic N) is 1. The van der Waals surface area contributed by atoms with Gasteiger partial charge in [-0.2, -0.15) is 43.9 Å². The first-order valence-corrected chi connectivity index (χ1v) is 15.2. The first kappa shape index (κ1) is 44.5. The number of rotatable bonds is 16. The van der Waals surface area contributed by atoms with E-state index in [9.17, 15) is 75.2 Å². The monoisotopic (exact) mass is 749 g/mol. The number of ether oxygens (including phenoxy) is 2. The molecule has 8 nitrogen and oxygen atoms in total. The van der Waals surface area contributed by atoms with Crippen molar-refractivity contribution in [1.82, 2.24) is 0 Å². The topological polar surface area (TPSA) is 110 Å². The number of carbonyl (C=O) groups excluding carboxylic acids is 2. The second-order valence-electron chi connectivity index (χ2n) is 10.7. The minimum absolute atomic E-state index is 0.178. The van der Waals surface area contributed by atoms with E-state index in [0.29, 0.717) is 11.0 Å². The van der Waals surface area contributed by atoms with Crippen LogP contribution in [0.15, 0.2) is 29.2 Å². The Kier molecular flexibility index (Phi) is 15.4. The van der Waals surface area contributed by atoms with E-state index in [1.165, 1.54) is 12.1 Å². The minimum atomic E-state index is -7.65. The smallest absolute Gasteiger partial charge is 0.384 e. The number of aryl methyl sites for hydroxylation is 1. The van der Waals surface area contributed by atoms with Gasteiger partial charge in [-0.15, -0.1) is 11.8 Å². The van der Waals surface area contributed by atoms with Crippen LogP contribution in [0.1, 0.15) is 18.4 Å². The molecular formula is C25H31F12NO7S2. The lowest BCUT2D eigenvalue weighted by atomic mass is 9.93. The molecule has 0 aromatic heterocycles. The zero-order chi connectivity index (χ0) is 37.4. The number of esters is 2. The van der Waals surface area contributed by atoms with Crippen molar-refractivity contribution in [2.45, 2.75) is 65.9 Å². The molecule has 274 valence electrons. The SMILES string of the molecule is COC(=O)CC(SCC[N+](C)(C)C)C(=O)OCCC(F)(F)C(F)(F)C(F)(F)C(F)(F)C(F)(F)C(F)F.Cc1ccc(S(=O)(=O)[O-])cc1. The lowest BCUT2D eigenvalue weighted by molar-refractivity contribution is -0.867.